The number of carbonyl (C=O) groups excluding carboxylic acids is 1. The Morgan fingerprint density at radius 1 is 1.05 bits per heavy atom. The molecule has 0 spiro atoms. The quantitative estimate of drug-likeness (QED) is 0.226. The van der Waals surface area contributed by atoms with E-state index in [0.717, 1.165) is 56.1 Å². The summed E-state index contributed by atoms with van der Waals surface area (Å²) >= 11 is 1.44. The Labute approximate surface area is 242 Å². The predicted octanol–water partition coefficient (Wildman–Crippen LogP) is 7.66. The summed E-state index contributed by atoms with van der Waals surface area (Å²) in [4.78, 5) is 23.1. The van der Waals surface area contributed by atoms with Crippen molar-refractivity contribution in [2.45, 2.75) is 45.1 Å². The van der Waals surface area contributed by atoms with Crippen LogP contribution in [0.4, 0.5) is 5.13 Å². The minimum atomic E-state index is -0.877. The van der Waals surface area contributed by atoms with Gasteiger partial charge in [-0.15, -0.1) is 11.3 Å². The molecule has 7 heteroatoms. The molecule has 3 aromatic carbocycles. The highest BCUT2D eigenvalue weighted by atomic mass is 32.1. The summed E-state index contributed by atoms with van der Waals surface area (Å²) in [5, 5.41) is 9.77. The van der Waals surface area contributed by atoms with E-state index in [4.69, 9.17) is 16.1 Å². The molecule has 2 aromatic heterocycles. The van der Waals surface area contributed by atoms with Gasteiger partial charge in [0.15, 0.2) is 5.13 Å². The van der Waals surface area contributed by atoms with E-state index < -0.39 is 11.0 Å². The molecule has 3 aliphatic rings. The van der Waals surface area contributed by atoms with E-state index in [2.05, 4.69) is 63.8 Å². The molecule has 0 fully saturated rings. The fourth-order valence-corrected chi connectivity index (χ4v) is 7.73. The van der Waals surface area contributed by atoms with Gasteiger partial charge in [-0.2, -0.15) is 0 Å². The van der Waals surface area contributed by atoms with Crippen LogP contribution >= 0.6 is 11.3 Å². The molecular weight excluding hydrogens is 528 g/mol. The summed E-state index contributed by atoms with van der Waals surface area (Å²) in [7, 11) is 0. The highest BCUT2D eigenvalue weighted by molar-refractivity contribution is 7.13. The number of rotatable bonds is 5. The van der Waals surface area contributed by atoms with Crippen molar-refractivity contribution < 1.29 is 9.32 Å². The Balaban J connectivity index is 1.14. The van der Waals surface area contributed by atoms with Gasteiger partial charge in [0, 0.05) is 40.8 Å². The number of aryl methyl sites for hydroxylation is 2. The van der Waals surface area contributed by atoms with Gasteiger partial charge in [0.2, 0.25) is 5.91 Å². The van der Waals surface area contributed by atoms with Crippen molar-refractivity contribution in [3.8, 4) is 11.1 Å². The lowest BCUT2D eigenvalue weighted by atomic mass is 9.49. The van der Waals surface area contributed by atoms with Crippen LogP contribution < -0.4 is 5.32 Å². The number of nitrogens with zero attached hydrogens (tertiary/aromatic N) is 3. The average Bonchev–Trinajstić information content (AvgIpc) is 3.58. The number of anilines is 1. The lowest BCUT2D eigenvalue weighted by Gasteiger charge is -2.51. The summed E-state index contributed by atoms with van der Waals surface area (Å²) < 4.78 is 5.32. The Hall–Kier alpha value is -4.54. The van der Waals surface area contributed by atoms with E-state index in [9.17, 15) is 4.79 Å². The molecule has 5 aromatic rings. The normalized spacial score (nSPS) is 22.0. The number of amides is 1. The molecule has 1 unspecified atom stereocenters. The minimum Gasteiger partial charge on any atom is -0.361 e. The largest absolute Gasteiger partial charge is 0.361 e. The summed E-state index contributed by atoms with van der Waals surface area (Å²) in [6.07, 6.45) is 1.10. The van der Waals surface area contributed by atoms with Gasteiger partial charge >= 0.3 is 0 Å². The van der Waals surface area contributed by atoms with E-state index in [1.54, 1.807) is 0 Å². The fraction of sp³-hybridized carbons (Fsp3) is 0.235. The monoisotopic (exact) mass is 556 g/mol. The van der Waals surface area contributed by atoms with Crippen LogP contribution in [0.3, 0.4) is 0 Å². The molecule has 2 heterocycles. The first-order chi connectivity index (χ1) is 19.8. The third-order valence-electron chi connectivity index (χ3n) is 8.84. The molecule has 1 N–H and O–H groups in total. The Kier molecular flexibility index (Phi) is 5.74. The minimum absolute atomic E-state index is 0.0933. The third kappa shape index (κ3) is 3.78. The molecule has 0 saturated heterocycles. The summed E-state index contributed by atoms with van der Waals surface area (Å²) in [6, 6.07) is 24.6. The Morgan fingerprint density at radius 3 is 2.32 bits per heavy atom. The zero-order chi connectivity index (χ0) is 28.4. The fourth-order valence-electron chi connectivity index (χ4n) is 7.02. The molecule has 8 rings (SSSR count). The van der Waals surface area contributed by atoms with Crippen LogP contribution in [0.15, 0.2) is 82.7 Å². The zero-order valence-electron chi connectivity index (χ0n) is 23.1. The van der Waals surface area contributed by atoms with E-state index >= 15 is 0 Å². The maximum absolute atomic E-state index is 14.1. The van der Waals surface area contributed by atoms with Gasteiger partial charge in [-0.25, -0.2) is 11.6 Å². The smallest absolute Gasteiger partial charge is 0.284 e. The van der Waals surface area contributed by atoms with Gasteiger partial charge in [-0.05, 0) is 43.0 Å². The second-order valence-corrected chi connectivity index (χ2v) is 12.2. The summed E-state index contributed by atoms with van der Waals surface area (Å²) in [6.45, 7) is 14.2. The molecule has 0 saturated carbocycles. The summed E-state index contributed by atoms with van der Waals surface area (Å²) in [5.41, 5.74) is 7.55. The number of fused-ring (bicyclic) bond motifs is 1. The molecule has 41 heavy (non-hydrogen) atoms. The van der Waals surface area contributed by atoms with Crippen molar-refractivity contribution in [2.24, 2.45) is 5.41 Å². The lowest BCUT2D eigenvalue weighted by Crippen LogP contribution is -2.53. The predicted molar refractivity (Wildman–Crippen MR) is 160 cm³/mol. The first kappa shape index (κ1) is 25.4. The summed E-state index contributed by atoms with van der Waals surface area (Å²) in [5.74, 6) is 0.586. The zero-order valence-corrected chi connectivity index (χ0v) is 23.9. The van der Waals surface area contributed by atoms with Crippen LogP contribution in [0.2, 0.25) is 0 Å². The van der Waals surface area contributed by atoms with Crippen LogP contribution in [-0.2, 0) is 16.8 Å². The van der Waals surface area contributed by atoms with Gasteiger partial charge in [-0.3, -0.25) is 9.64 Å². The van der Waals surface area contributed by atoms with Crippen molar-refractivity contribution in [1.29, 1.82) is 0 Å². The van der Waals surface area contributed by atoms with Crippen molar-refractivity contribution in [2.75, 3.05) is 5.32 Å². The highest BCUT2D eigenvalue weighted by Crippen LogP contribution is 2.64. The first-order valence-corrected chi connectivity index (χ1v) is 14.6. The first-order valence-electron chi connectivity index (χ1n) is 13.7. The highest BCUT2D eigenvalue weighted by Gasteiger charge is 2.64. The van der Waals surface area contributed by atoms with Gasteiger partial charge in [0.05, 0.1) is 16.8 Å². The van der Waals surface area contributed by atoms with E-state index in [0.29, 0.717) is 18.0 Å². The molecule has 1 atom stereocenters. The molecule has 2 bridgehead atoms. The Morgan fingerprint density at radius 2 is 1.71 bits per heavy atom. The maximum Gasteiger partial charge on any atom is 0.284 e. The number of hydrogen-bond donors (Lipinski definition) is 1. The van der Waals surface area contributed by atoms with E-state index in [1.807, 2.05) is 50.4 Å². The van der Waals surface area contributed by atoms with Crippen LogP contribution in [0.1, 0.15) is 64.2 Å². The van der Waals surface area contributed by atoms with Crippen LogP contribution in [0, 0.1) is 25.8 Å². The Bertz CT molecular complexity index is 1800. The van der Waals surface area contributed by atoms with Crippen LogP contribution in [0.25, 0.3) is 16.0 Å². The molecule has 6 nitrogen and oxygen atoms in total. The number of nitrogens with one attached hydrogen (secondary N) is 1. The molecule has 0 aliphatic heterocycles. The van der Waals surface area contributed by atoms with Gasteiger partial charge in [0.1, 0.15) is 5.76 Å². The molecule has 0 radical (unpaired) electrons. The lowest BCUT2D eigenvalue weighted by molar-refractivity contribution is -0.127. The van der Waals surface area contributed by atoms with E-state index in [1.165, 1.54) is 11.3 Å². The second kappa shape index (κ2) is 9.25. The molecule has 1 amide bonds. The second-order valence-electron chi connectivity index (χ2n) is 11.3. The number of benzene rings is 3. The number of hydrogen-bond acceptors (Lipinski definition) is 5. The van der Waals surface area contributed by atoms with Crippen LogP contribution in [0.5, 0.6) is 0 Å². The molecule has 202 valence electrons. The average molecular weight is 557 g/mol. The van der Waals surface area contributed by atoms with E-state index in [-0.39, 0.29) is 11.8 Å². The van der Waals surface area contributed by atoms with Crippen molar-refractivity contribution in [3.63, 3.8) is 0 Å². The number of thiazole rings is 1. The van der Waals surface area contributed by atoms with Gasteiger partial charge < -0.3 is 9.84 Å². The van der Waals surface area contributed by atoms with Crippen molar-refractivity contribution >= 4 is 22.4 Å². The standard InChI is InChI=1S/C34H28N4O2S/c1-20-29(21(2)40-38-20)23-15-13-22(14-16-23)17-24-18-41-32(36-24)37-31(39)33(3)19-34(35-4)27-11-7-5-9-25(27)30(33)26-10-6-8-12-28(26)34/h5-16,18,30H,17,19H2,1-3H3,(H,36,37,39). The van der Waals surface area contributed by atoms with Gasteiger partial charge in [0.25, 0.3) is 5.54 Å². The maximum atomic E-state index is 14.1. The SMILES string of the molecule is [C-]#[N+]C12CC(C)(C(=O)Nc3nc(Cc4ccc(-c5c(C)noc5C)cc4)cs3)C(c3ccccc31)c1ccccc12. The van der Waals surface area contributed by atoms with Gasteiger partial charge in [-0.1, -0.05) is 78.0 Å². The van der Waals surface area contributed by atoms with Crippen molar-refractivity contribution in [1.82, 2.24) is 10.1 Å². The van der Waals surface area contributed by atoms with Crippen LogP contribution in [-0.4, -0.2) is 16.0 Å². The topological polar surface area (TPSA) is 72.4 Å². The molecular formula is C34H28N4O2S. The molecule has 3 aliphatic carbocycles. The number of carbonyl (C=O) groups is 1. The number of aromatic nitrogens is 2. The third-order valence-corrected chi connectivity index (χ3v) is 9.64. The van der Waals surface area contributed by atoms with Crippen molar-refractivity contribution in [3.05, 3.63) is 135 Å².